The summed E-state index contributed by atoms with van der Waals surface area (Å²) in [5, 5.41) is 7.91. The first kappa shape index (κ1) is 14.5. The zero-order valence-electron chi connectivity index (χ0n) is 11.0. The number of aryl methyl sites for hydroxylation is 2. The van der Waals surface area contributed by atoms with E-state index in [2.05, 4.69) is 0 Å². The van der Waals surface area contributed by atoms with Crippen molar-refractivity contribution in [2.45, 2.75) is 37.3 Å². The molecule has 0 saturated carbocycles. The number of rotatable bonds is 4. The van der Waals surface area contributed by atoms with Crippen molar-refractivity contribution in [2.75, 3.05) is 7.11 Å². The Bertz CT molecular complexity index is 585. The minimum absolute atomic E-state index is 0.0986. The third-order valence-electron chi connectivity index (χ3n) is 2.98. The molecule has 0 amide bonds. The van der Waals surface area contributed by atoms with Crippen LogP contribution in [0.15, 0.2) is 17.0 Å². The summed E-state index contributed by atoms with van der Waals surface area (Å²) in [6.45, 7) is 5.40. The molecule has 0 heterocycles. The van der Waals surface area contributed by atoms with Crippen molar-refractivity contribution >= 4 is 9.84 Å². The van der Waals surface area contributed by atoms with Gasteiger partial charge in [0.05, 0.1) is 13.2 Å². The number of sulfone groups is 1. The van der Waals surface area contributed by atoms with Gasteiger partial charge in [-0.05, 0) is 43.5 Å². The van der Waals surface area contributed by atoms with Crippen molar-refractivity contribution in [1.82, 2.24) is 0 Å². The SMILES string of the molecule is CCC(C#N)S(=O)(=O)c1cc(C)c(C)cc1OC. The number of ether oxygens (including phenoxy) is 1. The predicted molar refractivity (Wildman–Crippen MR) is 69.3 cm³/mol. The van der Waals surface area contributed by atoms with Gasteiger partial charge in [0.1, 0.15) is 10.6 Å². The molecule has 0 aliphatic heterocycles. The molecule has 0 fully saturated rings. The fraction of sp³-hybridized carbons (Fsp3) is 0.462. The molecule has 0 aliphatic carbocycles. The Morgan fingerprint density at radius 1 is 1.33 bits per heavy atom. The summed E-state index contributed by atoms with van der Waals surface area (Å²) in [4.78, 5) is 0.0986. The lowest BCUT2D eigenvalue weighted by Crippen LogP contribution is -2.19. The maximum Gasteiger partial charge on any atom is 0.198 e. The lowest BCUT2D eigenvalue weighted by molar-refractivity contribution is 0.402. The van der Waals surface area contributed by atoms with Crippen molar-refractivity contribution in [1.29, 1.82) is 5.26 Å². The topological polar surface area (TPSA) is 67.2 Å². The molecule has 1 unspecified atom stereocenters. The van der Waals surface area contributed by atoms with Crippen molar-refractivity contribution in [3.63, 3.8) is 0 Å². The van der Waals surface area contributed by atoms with Crippen molar-refractivity contribution in [3.8, 4) is 11.8 Å². The number of nitriles is 1. The third-order valence-corrected chi connectivity index (χ3v) is 5.10. The van der Waals surface area contributed by atoms with Crippen LogP contribution in [0.4, 0.5) is 0 Å². The Morgan fingerprint density at radius 3 is 2.33 bits per heavy atom. The number of hydrogen-bond donors (Lipinski definition) is 0. The fourth-order valence-electron chi connectivity index (χ4n) is 1.68. The summed E-state index contributed by atoms with van der Waals surface area (Å²) in [7, 11) is -2.24. The molecule has 0 aliphatic rings. The van der Waals surface area contributed by atoms with Crippen LogP contribution in [0, 0.1) is 25.2 Å². The van der Waals surface area contributed by atoms with Crippen LogP contribution in [0.1, 0.15) is 24.5 Å². The first-order valence-corrected chi connectivity index (χ1v) is 7.21. The molecular weight excluding hydrogens is 250 g/mol. The van der Waals surface area contributed by atoms with Gasteiger partial charge >= 0.3 is 0 Å². The van der Waals surface area contributed by atoms with Crippen LogP contribution in [-0.2, 0) is 9.84 Å². The van der Waals surface area contributed by atoms with E-state index in [9.17, 15) is 8.42 Å². The standard InChI is InChI=1S/C13H17NO3S/c1-5-11(8-14)18(15,16)13-7-10(3)9(2)6-12(13)17-4/h6-7,11H,5H2,1-4H3. The molecule has 4 nitrogen and oxygen atoms in total. The average molecular weight is 267 g/mol. The summed E-state index contributed by atoms with van der Waals surface area (Å²) in [5.41, 5.74) is 1.82. The molecule has 1 rings (SSSR count). The van der Waals surface area contributed by atoms with E-state index >= 15 is 0 Å². The van der Waals surface area contributed by atoms with Gasteiger partial charge in [0, 0.05) is 0 Å². The van der Waals surface area contributed by atoms with E-state index in [1.165, 1.54) is 7.11 Å². The van der Waals surface area contributed by atoms with Crippen LogP contribution in [0.5, 0.6) is 5.75 Å². The van der Waals surface area contributed by atoms with Gasteiger partial charge in [-0.25, -0.2) is 8.42 Å². The van der Waals surface area contributed by atoms with E-state index in [0.717, 1.165) is 11.1 Å². The largest absolute Gasteiger partial charge is 0.495 e. The third kappa shape index (κ3) is 2.49. The first-order valence-electron chi connectivity index (χ1n) is 5.67. The lowest BCUT2D eigenvalue weighted by Gasteiger charge is -2.14. The van der Waals surface area contributed by atoms with Crippen LogP contribution in [-0.4, -0.2) is 20.8 Å². The molecule has 0 bridgehead atoms. The normalized spacial score (nSPS) is 12.8. The second-order valence-electron chi connectivity index (χ2n) is 4.16. The van der Waals surface area contributed by atoms with Gasteiger partial charge in [0.25, 0.3) is 0 Å². The van der Waals surface area contributed by atoms with Gasteiger partial charge in [-0.15, -0.1) is 0 Å². The van der Waals surface area contributed by atoms with Crippen LogP contribution < -0.4 is 4.74 Å². The lowest BCUT2D eigenvalue weighted by atomic mass is 10.1. The smallest absolute Gasteiger partial charge is 0.198 e. The zero-order chi connectivity index (χ0) is 13.9. The van der Waals surface area contributed by atoms with Gasteiger partial charge in [-0.3, -0.25) is 0 Å². The maximum atomic E-state index is 12.3. The highest BCUT2D eigenvalue weighted by molar-refractivity contribution is 7.92. The highest BCUT2D eigenvalue weighted by atomic mass is 32.2. The summed E-state index contributed by atoms with van der Waals surface area (Å²) >= 11 is 0. The molecule has 0 N–H and O–H groups in total. The quantitative estimate of drug-likeness (QED) is 0.840. The molecule has 0 spiro atoms. The maximum absolute atomic E-state index is 12.3. The van der Waals surface area contributed by atoms with Crippen LogP contribution in [0.25, 0.3) is 0 Å². The number of hydrogen-bond acceptors (Lipinski definition) is 4. The molecule has 18 heavy (non-hydrogen) atoms. The Hall–Kier alpha value is -1.54. The van der Waals surface area contributed by atoms with Gasteiger partial charge in [0.2, 0.25) is 0 Å². The van der Waals surface area contributed by atoms with Crippen molar-refractivity contribution in [2.24, 2.45) is 0 Å². The first-order chi connectivity index (χ1) is 8.38. The Morgan fingerprint density at radius 2 is 1.89 bits per heavy atom. The fourth-order valence-corrected chi connectivity index (χ4v) is 3.33. The van der Waals surface area contributed by atoms with Gasteiger partial charge in [0.15, 0.2) is 15.1 Å². The molecule has 0 saturated heterocycles. The molecule has 98 valence electrons. The number of nitrogens with zero attached hydrogens (tertiary/aromatic N) is 1. The molecule has 0 aromatic heterocycles. The number of methoxy groups -OCH3 is 1. The van der Waals surface area contributed by atoms with E-state index in [-0.39, 0.29) is 11.3 Å². The summed E-state index contributed by atoms with van der Waals surface area (Å²) in [5.74, 6) is 0.298. The minimum Gasteiger partial charge on any atom is -0.495 e. The van der Waals surface area contributed by atoms with Crippen LogP contribution >= 0.6 is 0 Å². The summed E-state index contributed by atoms with van der Waals surface area (Å²) in [6, 6.07) is 5.09. The molecule has 1 aromatic rings. The van der Waals surface area contributed by atoms with Crippen molar-refractivity contribution in [3.05, 3.63) is 23.3 Å². The average Bonchev–Trinajstić information content (AvgIpc) is 2.33. The monoisotopic (exact) mass is 267 g/mol. The van der Waals surface area contributed by atoms with Crippen LogP contribution in [0.2, 0.25) is 0 Å². The van der Waals surface area contributed by atoms with Gasteiger partial charge < -0.3 is 4.74 Å². The number of benzene rings is 1. The van der Waals surface area contributed by atoms with Gasteiger partial charge in [-0.2, -0.15) is 5.26 Å². The Kier molecular flexibility index (Phi) is 4.36. The minimum atomic E-state index is -3.67. The second-order valence-corrected chi connectivity index (χ2v) is 6.26. The zero-order valence-corrected chi connectivity index (χ0v) is 11.8. The van der Waals surface area contributed by atoms with E-state index in [4.69, 9.17) is 10.00 Å². The highest BCUT2D eigenvalue weighted by Gasteiger charge is 2.29. The molecule has 0 radical (unpaired) electrons. The molecule has 1 aromatic carbocycles. The van der Waals surface area contributed by atoms with E-state index in [1.54, 1.807) is 19.1 Å². The van der Waals surface area contributed by atoms with Gasteiger partial charge in [-0.1, -0.05) is 6.92 Å². The summed E-state index contributed by atoms with van der Waals surface area (Å²) in [6.07, 6.45) is 0.259. The molecule has 1 atom stereocenters. The molecular formula is C13H17NO3S. The second kappa shape index (κ2) is 5.40. The van der Waals surface area contributed by atoms with Crippen LogP contribution in [0.3, 0.4) is 0 Å². The van der Waals surface area contributed by atoms with Crippen molar-refractivity contribution < 1.29 is 13.2 Å². The van der Waals surface area contributed by atoms with E-state index in [0.29, 0.717) is 5.75 Å². The highest BCUT2D eigenvalue weighted by Crippen LogP contribution is 2.30. The van der Waals surface area contributed by atoms with E-state index < -0.39 is 15.1 Å². The Labute approximate surface area is 108 Å². The van der Waals surface area contributed by atoms with E-state index in [1.807, 2.05) is 19.9 Å². The Balaban J connectivity index is 3.51. The molecule has 5 heteroatoms. The summed E-state index contributed by atoms with van der Waals surface area (Å²) < 4.78 is 29.8. The predicted octanol–water partition coefficient (Wildman–Crippen LogP) is 2.39.